The zero-order valence-electron chi connectivity index (χ0n) is 5.09. The maximum atomic E-state index is 10.2. The van der Waals surface area contributed by atoms with Gasteiger partial charge in [0.25, 0.3) is 5.91 Å². The van der Waals surface area contributed by atoms with E-state index in [1.54, 1.807) is 6.08 Å². The third-order valence-electron chi connectivity index (χ3n) is 0.755. The van der Waals surface area contributed by atoms with Crippen molar-refractivity contribution in [2.45, 2.75) is 6.42 Å². The topological polar surface area (TPSA) is 46.2 Å². The van der Waals surface area contributed by atoms with Gasteiger partial charge in [0.2, 0.25) is 6.29 Å². The third kappa shape index (κ3) is 4.74. The van der Waals surface area contributed by atoms with E-state index < -0.39 is 5.91 Å². The first kappa shape index (κ1) is 7.88. The van der Waals surface area contributed by atoms with Crippen molar-refractivity contribution in [3.05, 3.63) is 12.7 Å². The predicted octanol–water partition coefficient (Wildman–Crippen LogP) is -0.122. The Morgan fingerprint density at radius 2 is 2.33 bits per heavy atom. The van der Waals surface area contributed by atoms with E-state index in [9.17, 15) is 9.59 Å². The third-order valence-corrected chi connectivity index (χ3v) is 0.755. The van der Waals surface area contributed by atoms with Gasteiger partial charge in [0.15, 0.2) is 0 Å². The van der Waals surface area contributed by atoms with Crippen LogP contribution >= 0.6 is 0 Å². The summed E-state index contributed by atoms with van der Waals surface area (Å²) in [6.07, 6.45) is 2.62. The van der Waals surface area contributed by atoms with Crippen LogP contribution in [0.25, 0.3) is 0 Å². The Kier molecular flexibility index (Phi) is 4.40. The lowest BCUT2D eigenvalue weighted by Gasteiger charge is -1.93. The first-order chi connectivity index (χ1) is 4.31. The van der Waals surface area contributed by atoms with Crippen LogP contribution in [-0.4, -0.2) is 18.7 Å². The zero-order valence-corrected chi connectivity index (χ0v) is 5.09. The minimum absolute atomic E-state index is 0.253. The van der Waals surface area contributed by atoms with Crippen LogP contribution in [0.3, 0.4) is 0 Å². The van der Waals surface area contributed by atoms with Gasteiger partial charge in [-0.15, -0.1) is 6.58 Å². The van der Waals surface area contributed by atoms with Crippen LogP contribution in [0.1, 0.15) is 6.42 Å². The molecule has 1 amide bonds. The summed E-state index contributed by atoms with van der Waals surface area (Å²) in [6, 6.07) is 0. The monoisotopic (exact) mass is 127 g/mol. The summed E-state index contributed by atoms with van der Waals surface area (Å²) in [6.45, 7) is 3.93. The number of carbonyl (C=O) groups excluding carboxylic acids is 2. The SMILES string of the molecule is C=CCCNC(=O)C=O. The Hall–Kier alpha value is -1.12. The molecule has 1 N–H and O–H groups in total. The first-order valence-electron chi connectivity index (χ1n) is 2.65. The van der Waals surface area contributed by atoms with Gasteiger partial charge in [-0.3, -0.25) is 9.59 Å². The molecule has 0 saturated heterocycles. The predicted molar refractivity (Wildman–Crippen MR) is 33.9 cm³/mol. The molecule has 0 aromatic heterocycles. The summed E-state index contributed by atoms with van der Waals surface area (Å²) < 4.78 is 0. The number of nitrogens with one attached hydrogen (secondary N) is 1. The van der Waals surface area contributed by atoms with Crippen molar-refractivity contribution in [2.24, 2.45) is 0 Å². The summed E-state index contributed by atoms with van der Waals surface area (Å²) in [5.74, 6) is -0.572. The van der Waals surface area contributed by atoms with Crippen LogP contribution in [0.4, 0.5) is 0 Å². The van der Waals surface area contributed by atoms with E-state index >= 15 is 0 Å². The molecule has 0 spiro atoms. The van der Waals surface area contributed by atoms with Crippen molar-refractivity contribution >= 4 is 12.2 Å². The molecule has 0 unspecified atom stereocenters. The lowest BCUT2D eigenvalue weighted by Crippen LogP contribution is -2.24. The van der Waals surface area contributed by atoms with Crippen LogP contribution in [0.15, 0.2) is 12.7 Å². The van der Waals surface area contributed by atoms with Crippen LogP contribution in [-0.2, 0) is 9.59 Å². The van der Waals surface area contributed by atoms with Crippen LogP contribution in [0, 0.1) is 0 Å². The van der Waals surface area contributed by atoms with Crippen molar-refractivity contribution in [3.63, 3.8) is 0 Å². The number of carbonyl (C=O) groups is 2. The molecule has 0 aromatic carbocycles. The molecular weight excluding hydrogens is 118 g/mol. The highest BCUT2D eigenvalue weighted by atomic mass is 16.2. The molecular formula is C6H9NO2. The van der Waals surface area contributed by atoms with Gasteiger partial charge in [0.05, 0.1) is 0 Å². The van der Waals surface area contributed by atoms with Gasteiger partial charge >= 0.3 is 0 Å². The van der Waals surface area contributed by atoms with Crippen LogP contribution < -0.4 is 5.32 Å². The summed E-state index contributed by atoms with van der Waals surface area (Å²) in [4.78, 5) is 19.8. The average molecular weight is 127 g/mol. The van der Waals surface area contributed by atoms with E-state index in [0.29, 0.717) is 13.0 Å². The van der Waals surface area contributed by atoms with Crippen LogP contribution in [0.5, 0.6) is 0 Å². The second kappa shape index (κ2) is 5.03. The van der Waals surface area contributed by atoms with Crippen molar-refractivity contribution in [1.29, 1.82) is 0 Å². The molecule has 9 heavy (non-hydrogen) atoms. The molecule has 0 heterocycles. The molecule has 3 heteroatoms. The van der Waals surface area contributed by atoms with Gasteiger partial charge < -0.3 is 5.32 Å². The van der Waals surface area contributed by atoms with E-state index in [-0.39, 0.29) is 6.29 Å². The molecule has 0 saturated carbocycles. The normalized spacial score (nSPS) is 8.00. The lowest BCUT2D eigenvalue weighted by molar-refractivity contribution is -0.131. The minimum Gasteiger partial charge on any atom is -0.349 e. The van der Waals surface area contributed by atoms with Gasteiger partial charge in [-0.2, -0.15) is 0 Å². The number of aldehydes is 1. The zero-order chi connectivity index (χ0) is 7.11. The number of amides is 1. The van der Waals surface area contributed by atoms with E-state index in [0.717, 1.165) is 0 Å². The van der Waals surface area contributed by atoms with Gasteiger partial charge in [-0.25, -0.2) is 0 Å². The number of rotatable bonds is 4. The molecule has 0 aromatic rings. The largest absolute Gasteiger partial charge is 0.349 e. The molecule has 0 fully saturated rings. The van der Waals surface area contributed by atoms with Crippen LogP contribution in [0.2, 0.25) is 0 Å². The maximum absolute atomic E-state index is 10.2. The maximum Gasteiger partial charge on any atom is 0.284 e. The quantitative estimate of drug-likeness (QED) is 0.247. The summed E-state index contributed by atoms with van der Waals surface area (Å²) >= 11 is 0. The highest BCUT2D eigenvalue weighted by Crippen LogP contribution is 1.73. The molecule has 0 aliphatic rings. The van der Waals surface area contributed by atoms with E-state index in [2.05, 4.69) is 11.9 Å². The molecule has 0 rings (SSSR count). The summed E-state index contributed by atoms with van der Waals surface area (Å²) in [5, 5.41) is 2.36. The number of hydrogen-bond acceptors (Lipinski definition) is 2. The molecule has 3 nitrogen and oxygen atoms in total. The van der Waals surface area contributed by atoms with Gasteiger partial charge in [-0.05, 0) is 6.42 Å². The van der Waals surface area contributed by atoms with E-state index in [1.165, 1.54) is 0 Å². The summed E-state index contributed by atoms with van der Waals surface area (Å²) in [5.41, 5.74) is 0. The molecule has 50 valence electrons. The fourth-order valence-electron chi connectivity index (χ4n) is 0.339. The fraction of sp³-hybridized carbons (Fsp3) is 0.333. The number of hydrogen-bond donors (Lipinski definition) is 1. The van der Waals surface area contributed by atoms with Crippen molar-refractivity contribution < 1.29 is 9.59 Å². The van der Waals surface area contributed by atoms with Gasteiger partial charge in [0, 0.05) is 6.54 Å². The van der Waals surface area contributed by atoms with Crippen molar-refractivity contribution in [1.82, 2.24) is 5.32 Å². The Bertz CT molecular complexity index is 120. The Morgan fingerprint density at radius 1 is 1.67 bits per heavy atom. The second-order valence-electron chi connectivity index (χ2n) is 1.49. The van der Waals surface area contributed by atoms with E-state index in [4.69, 9.17) is 0 Å². The Labute approximate surface area is 53.7 Å². The lowest BCUT2D eigenvalue weighted by atomic mass is 10.4. The highest BCUT2D eigenvalue weighted by Gasteiger charge is 1.91. The van der Waals surface area contributed by atoms with E-state index in [1.807, 2.05) is 0 Å². The summed E-state index contributed by atoms with van der Waals surface area (Å²) in [7, 11) is 0. The average Bonchev–Trinajstić information content (AvgIpc) is 1.89. The van der Waals surface area contributed by atoms with Crippen molar-refractivity contribution in [3.8, 4) is 0 Å². The molecule has 0 aliphatic heterocycles. The fourth-order valence-corrected chi connectivity index (χ4v) is 0.339. The van der Waals surface area contributed by atoms with Gasteiger partial charge in [-0.1, -0.05) is 6.08 Å². The smallest absolute Gasteiger partial charge is 0.284 e. The molecule has 0 aliphatic carbocycles. The molecule has 0 atom stereocenters. The highest BCUT2D eigenvalue weighted by molar-refractivity contribution is 6.23. The second-order valence-corrected chi connectivity index (χ2v) is 1.49. The Balaban J connectivity index is 3.16. The first-order valence-corrected chi connectivity index (χ1v) is 2.65. The van der Waals surface area contributed by atoms with Crippen molar-refractivity contribution in [2.75, 3.05) is 6.54 Å². The standard InChI is InChI=1S/C6H9NO2/c1-2-3-4-7-6(9)5-8/h2,5H,1,3-4H2,(H,7,9). The minimum atomic E-state index is -0.572. The molecule has 0 radical (unpaired) electrons. The molecule has 0 bridgehead atoms. The Morgan fingerprint density at radius 3 is 2.78 bits per heavy atom. The van der Waals surface area contributed by atoms with Gasteiger partial charge in [0.1, 0.15) is 0 Å².